The molecule has 1 aromatic heterocycles. The molecule has 4 aromatic carbocycles. The van der Waals surface area contributed by atoms with Gasteiger partial charge in [0.05, 0.1) is 42.3 Å². The maximum absolute atomic E-state index is 17.5. The molecular formula is C59H73Cl2F3N8O3. The van der Waals surface area contributed by atoms with Crippen LogP contribution in [0.4, 0.5) is 13.2 Å². The van der Waals surface area contributed by atoms with Gasteiger partial charge >= 0.3 is 6.18 Å². The van der Waals surface area contributed by atoms with E-state index < -0.39 is 59.7 Å². The van der Waals surface area contributed by atoms with E-state index in [4.69, 9.17) is 32.7 Å². The fourth-order valence-electron chi connectivity index (χ4n) is 15.0. The number of ether oxygens (including phenoxy) is 2. The van der Waals surface area contributed by atoms with Gasteiger partial charge in [0.25, 0.3) is 0 Å². The molecule has 11 nitrogen and oxygen atoms in total. The van der Waals surface area contributed by atoms with Gasteiger partial charge in [0.15, 0.2) is 5.78 Å². The number of benzene rings is 4. The number of imidazole rings is 1. The summed E-state index contributed by atoms with van der Waals surface area (Å²) in [4.78, 5) is 31.2. The van der Waals surface area contributed by atoms with Crippen molar-refractivity contribution in [2.45, 2.75) is 126 Å². The Bertz CT molecular complexity index is 2800. The second-order valence-corrected chi connectivity index (χ2v) is 23.5. The molecule has 75 heavy (non-hydrogen) atoms. The van der Waals surface area contributed by atoms with Gasteiger partial charge in [-0.2, -0.15) is 13.2 Å². The fraction of sp³-hybridized carbons (Fsp3) is 0.525. The van der Waals surface area contributed by atoms with Crippen LogP contribution >= 0.6 is 23.2 Å². The molecule has 5 heterocycles. The minimum atomic E-state index is -4.59. The van der Waals surface area contributed by atoms with Crippen molar-refractivity contribution in [3.8, 4) is 22.8 Å². The normalized spacial score (nSPS) is 31.3. The number of methoxy groups -OCH3 is 1. The number of Topliss-reactive ketones (excluding diaryl/α,β-unsaturated/α-hetero) is 1. The molecule has 402 valence electrons. The van der Waals surface area contributed by atoms with E-state index in [-0.39, 0.29) is 43.0 Å². The predicted octanol–water partition coefficient (Wildman–Crippen LogP) is 9.93. The number of carbonyl (C=O) groups excluding carboxylic acids is 1. The van der Waals surface area contributed by atoms with Gasteiger partial charge in [-0.15, -0.1) is 0 Å². The number of nitrogens with one attached hydrogen (secondary N) is 2. The van der Waals surface area contributed by atoms with E-state index in [1.54, 1.807) is 19.2 Å². The second kappa shape index (κ2) is 21.5. The van der Waals surface area contributed by atoms with Crippen LogP contribution in [0.15, 0.2) is 103 Å². The maximum atomic E-state index is 17.5. The Morgan fingerprint density at radius 2 is 1.59 bits per heavy atom. The van der Waals surface area contributed by atoms with Crippen LogP contribution < -0.4 is 15.4 Å². The Morgan fingerprint density at radius 1 is 0.880 bits per heavy atom. The van der Waals surface area contributed by atoms with Gasteiger partial charge in [-0.25, -0.2) is 4.98 Å². The highest BCUT2D eigenvalue weighted by Gasteiger charge is 2.78. The van der Waals surface area contributed by atoms with Crippen LogP contribution in [-0.4, -0.2) is 144 Å². The topological polar surface area (TPSA) is 90.4 Å². The molecule has 10 rings (SSSR count). The summed E-state index contributed by atoms with van der Waals surface area (Å²) in [6.45, 7) is 5.91. The van der Waals surface area contributed by atoms with E-state index in [1.165, 1.54) is 0 Å². The van der Waals surface area contributed by atoms with E-state index in [9.17, 15) is 0 Å². The summed E-state index contributed by atoms with van der Waals surface area (Å²) < 4.78 is 63.0. The molecule has 2 bridgehead atoms. The van der Waals surface area contributed by atoms with E-state index in [0.29, 0.717) is 72.3 Å². The molecule has 4 saturated heterocycles. The number of likely N-dealkylation sites (tertiary alicyclic amines) is 2. The molecule has 7 unspecified atom stereocenters. The SMILES string of the molecule is CCC12C(=O)C34C5C[C@H](Cc6ccc(Cl)cc6)N(C)C3[C@@H](COC)NC4[C@H](CC(F)(F)F)N(Cc3ccc(Cl)cc3Oc3ccc(-c4cnc(CN(C)C)n4C)cc3)C1C[C@@H](Cc1ccccc1)C2N(C)[C@@H](C)CN5. The van der Waals surface area contributed by atoms with Crippen LogP contribution in [0.25, 0.3) is 11.3 Å². The zero-order chi connectivity index (χ0) is 53.1. The number of hydrogen-bond donors (Lipinski definition) is 2. The largest absolute Gasteiger partial charge is 0.457 e. The third-order valence-corrected chi connectivity index (χ3v) is 18.7. The van der Waals surface area contributed by atoms with Crippen molar-refractivity contribution in [3.63, 3.8) is 0 Å². The smallest absolute Gasteiger partial charge is 0.390 e. The standard InChI is InChI=1S/C59H73Cl2F3N8O3/c1-9-57-51-27-41(25-37-13-11-10-12-14-37)54(57)69(5)36(2)31-65-50-29-44(26-38-15-20-42(60)21-16-38)70(6)55-46(35-74-8)67-53(59(50,55)56(57)73)47(30-58(62,63)64)72(51)33-40-17-22-43(61)28-49(40)75-45-23-18-39(19-24-45)48-32-66-52(71(48)7)34-68(3)4/h10-24,28,32,36,41,44,46-47,50-51,53-55,65,67H,9,25-27,29-31,33-35H2,1-8H3/t36-,41+,44-,46+,47-,50?,51?,53?,54?,55?,57?,59?/m0/s1. The number of hydrogen-bond acceptors (Lipinski definition) is 10. The van der Waals surface area contributed by atoms with E-state index >= 15 is 18.0 Å². The van der Waals surface area contributed by atoms with Gasteiger partial charge in [-0.1, -0.05) is 78.7 Å². The zero-order valence-electron chi connectivity index (χ0n) is 44.5. The molecule has 5 fully saturated rings. The van der Waals surface area contributed by atoms with Gasteiger partial charge < -0.3 is 29.6 Å². The van der Waals surface area contributed by atoms with Crippen molar-refractivity contribution < 1.29 is 27.4 Å². The molecule has 16 heteroatoms. The Morgan fingerprint density at radius 3 is 2.27 bits per heavy atom. The number of piperidine rings is 1. The molecule has 12 atom stereocenters. The number of ketones is 1. The maximum Gasteiger partial charge on any atom is 0.390 e. The third kappa shape index (κ3) is 9.88. The predicted molar refractivity (Wildman–Crippen MR) is 290 cm³/mol. The van der Waals surface area contributed by atoms with Gasteiger partial charge in [0.2, 0.25) is 0 Å². The molecule has 0 radical (unpaired) electrons. The number of nitrogens with zero attached hydrogens (tertiary/aromatic N) is 6. The van der Waals surface area contributed by atoms with Crippen LogP contribution in [0, 0.1) is 16.7 Å². The highest BCUT2D eigenvalue weighted by atomic mass is 35.5. The van der Waals surface area contributed by atoms with Crippen LogP contribution in [0.1, 0.15) is 62.0 Å². The first-order valence-electron chi connectivity index (χ1n) is 26.7. The average molecular weight is 1070 g/mol. The lowest BCUT2D eigenvalue weighted by Gasteiger charge is -2.57. The van der Waals surface area contributed by atoms with Crippen LogP contribution in [0.2, 0.25) is 10.0 Å². The fourth-order valence-corrected chi connectivity index (χ4v) is 15.3. The third-order valence-electron chi connectivity index (χ3n) is 18.2. The molecule has 1 saturated carbocycles. The summed E-state index contributed by atoms with van der Waals surface area (Å²) in [6, 6.07) is 27.0. The summed E-state index contributed by atoms with van der Waals surface area (Å²) in [6.07, 6.45) is -0.949. The molecular weight excluding hydrogens is 997 g/mol. The van der Waals surface area contributed by atoms with Crippen LogP contribution in [0.5, 0.6) is 11.5 Å². The van der Waals surface area contributed by atoms with Gasteiger partial charge in [0.1, 0.15) is 17.3 Å². The van der Waals surface area contributed by atoms with Crippen molar-refractivity contribution in [2.75, 3.05) is 48.5 Å². The highest BCUT2D eigenvalue weighted by Crippen LogP contribution is 2.63. The lowest BCUT2D eigenvalue weighted by molar-refractivity contribution is -0.159. The monoisotopic (exact) mass is 1070 g/mol. The van der Waals surface area contributed by atoms with E-state index in [2.05, 4.69) is 79.9 Å². The minimum absolute atomic E-state index is 0.00390. The van der Waals surface area contributed by atoms with Gasteiger partial charge in [-0.05, 0) is 133 Å². The number of likely N-dealkylation sites (N-methyl/N-ethyl adjacent to an activating group) is 2. The molecule has 5 aliphatic rings. The first-order chi connectivity index (χ1) is 35.9. The van der Waals surface area contributed by atoms with Crippen molar-refractivity contribution in [1.82, 2.24) is 39.8 Å². The van der Waals surface area contributed by atoms with Crippen molar-refractivity contribution in [3.05, 3.63) is 136 Å². The Labute approximate surface area is 451 Å². The lowest BCUT2D eigenvalue weighted by Crippen LogP contribution is -2.73. The minimum Gasteiger partial charge on any atom is -0.457 e. The molecule has 1 spiro atoms. The quantitative estimate of drug-likeness (QED) is 0.106. The molecule has 4 aliphatic heterocycles. The van der Waals surface area contributed by atoms with Crippen molar-refractivity contribution >= 4 is 29.0 Å². The molecule has 0 amide bonds. The first-order valence-corrected chi connectivity index (χ1v) is 27.4. The van der Waals surface area contributed by atoms with Gasteiger partial charge in [0, 0.05) is 103 Å². The Kier molecular flexibility index (Phi) is 15.5. The highest BCUT2D eigenvalue weighted by molar-refractivity contribution is 6.31. The molecule has 1 aliphatic carbocycles. The number of rotatable bonds is 15. The van der Waals surface area contributed by atoms with Crippen LogP contribution in [-0.2, 0) is 42.5 Å². The van der Waals surface area contributed by atoms with Crippen LogP contribution in [0.3, 0.4) is 0 Å². The summed E-state index contributed by atoms with van der Waals surface area (Å²) in [5.74, 6) is 1.94. The first kappa shape index (κ1) is 54.0. The van der Waals surface area contributed by atoms with Gasteiger partial charge in [-0.3, -0.25) is 19.5 Å². The van der Waals surface area contributed by atoms with E-state index in [0.717, 1.165) is 28.2 Å². The summed E-state index contributed by atoms with van der Waals surface area (Å²) in [5.41, 5.74) is 2.44. The summed E-state index contributed by atoms with van der Waals surface area (Å²) in [5, 5.41) is 8.96. The number of carbonyl (C=O) groups is 1. The van der Waals surface area contributed by atoms with E-state index in [1.807, 2.05) is 100 Å². The second-order valence-electron chi connectivity index (χ2n) is 22.6. The Hall–Kier alpha value is -4.35. The average Bonchev–Trinajstić information content (AvgIpc) is 4.15. The molecule has 2 N–H and O–H groups in total. The number of alkyl halides is 3. The molecule has 5 aromatic rings. The lowest BCUT2D eigenvalue weighted by atomic mass is 9.54. The summed E-state index contributed by atoms with van der Waals surface area (Å²) >= 11 is 13.2. The zero-order valence-corrected chi connectivity index (χ0v) is 46.0. The Balaban J connectivity index is 1.14. The summed E-state index contributed by atoms with van der Waals surface area (Å²) in [7, 11) is 11.9. The van der Waals surface area contributed by atoms with Crippen molar-refractivity contribution in [1.29, 1.82) is 0 Å². The number of aromatic nitrogens is 2. The number of halogens is 5. The van der Waals surface area contributed by atoms with Crippen molar-refractivity contribution in [2.24, 2.45) is 23.8 Å².